The molecule has 0 spiro atoms. The molecule has 0 N–H and O–H groups in total. The molecule has 5 aromatic carbocycles. The van der Waals surface area contributed by atoms with Crippen molar-refractivity contribution in [3.8, 4) is 34.4 Å². The van der Waals surface area contributed by atoms with Crippen molar-refractivity contribution in [2.45, 2.75) is 0 Å². The van der Waals surface area contributed by atoms with Crippen molar-refractivity contribution in [2.75, 3.05) is 0 Å². The predicted molar refractivity (Wildman–Crippen MR) is 149 cm³/mol. The summed E-state index contributed by atoms with van der Waals surface area (Å²) in [6.07, 6.45) is 0. The van der Waals surface area contributed by atoms with Crippen LogP contribution in [0.15, 0.2) is 96.3 Å². The van der Waals surface area contributed by atoms with Crippen molar-refractivity contribution >= 4 is 32.7 Å². The molecule has 0 unspecified atom stereocenters. The van der Waals surface area contributed by atoms with Gasteiger partial charge in [-0.05, 0) is 78.2 Å². The van der Waals surface area contributed by atoms with E-state index in [1.54, 1.807) is 0 Å². The van der Waals surface area contributed by atoms with Crippen molar-refractivity contribution in [1.29, 1.82) is 10.5 Å². The zero-order valence-electron chi connectivity index (χ0n) is 19.9. The van der Waals surface area contributed by atoms with Crippen molar-refractivity contribution in [3.05, 3.63) is 141 Å². The molecule has 0 aliphatic heterocycles. The number of hydrogen-bond donors (Lipinski definition) is 0. The molecule has 2 aliphatic rings. The van der Waals surface area contributed by atoms with Gasteiger partial charge < -0.3 is 0 Å². The highest BCUT2D eigenvalue weighted by molar-refractivity contribution is 6.18. The van der Waals surface area contributed by atoms with E-state index in [9.17, 15) is 10.5 Å². The van der Waals surface area contributed by atoms with E-state index in [0.29, 0.717) is 11.1 Å². The molecular weight excluding hydrogens is 464 g/mol. The van der Waals surface area contributed by atoms with Gasteiger partial charge >= 0.3 is 0 Å². The minimum atomic E-state index is 0.0254. The molecule has 0 heterocycles. The van der Waals surface area contributed by atoms with Crippen molar-refractivity contribution < 1.29 is 0 Å². The summed E-state index contributed by atoms with van der Waals surface area (Å²) in [5.41, 5.74) is 8.40. The largest absolute Gasteiger partial charge is 0.270 e. The fraction of sp³-hybridized carbons (Fsp3) is 0. The quantitative estimate of drug-likeness (QED) is 0.162. The minimum absolute atomic E-state index is 0.0254. The first-order valence-corrected chi connectivity index (χ1v) is 12.0. The first-order chi connectivity index (χ1) is 18.7. The Morgan fingerprint density at radius 2 is 0.947 bits per heavy atom. The van der Waals surface area contributed by atoms with Crippen LogP contribution >= 0.6 is 0 Å². The van der Waals surface area contributed by atoms with Gasteiger partial charge in [-0.15, -0.1) is 0 Å². The lowest BCUT2D eigenvalue weighted by Gasteiger charge is -2.10. The van der Waals surface area contributed by atoms with Crippen LogP contribution in [-0.4, -0.2) is 0 Å². The Morgan fingerprint density at radius 1 is 0.526 bits per heavy atom. The third-order valence-electron chi connectivity index (χ3n) is 7.54. The van der Waals surface area contributed by atoms with Gasteiger partial charge in [0.2, 0.25) is 0 Å². The summed E-state index contributed by atoms with van der Waals surface area (Å²) in [6, 6.07) is 32.6. The molecule has 2 aliphatic carbocycles. The van der Waals surface area contributed by atoms with E-state index < -0.39 is 0 Å². The molecule has 0 saturated heterocycles. The van der Waals surface area contributed by atoms with Gasteiger partial charge in [-0.3, -0.25) is 0 Å². The van der Waals surface area contributed by atoms with Crippen LogP contribution in [0.4, 0.5) is 0 Å². The monoisotopic (exact) mass is 478 g/mol. The Hall–Kier alpha value is -5.94. The summed E-state index contributed by atoms with van der Waals surface area (Å²) in [6.45, 7) is 15.5. The summed E-state index contributed by atoms with van der Waals surface area (Å²) in [4.78, 5) is 7.16. The maximum Gasteiger partial charge on any atom is 0.270 e. The Labute approximate surface area is 218 Å². The molecule has 5 aromatic rings. The molecule has 0 bridgehead atoms. The van der Waals surface area contributed by atoms with Crippen LogP contribution in [0.2, 0.25) is 0 Å². The number of fused-ring (bicyclic) bond motifs is 10. The Morgan fingerprint density at radius 3 is 1.37 bits per heavy atom. The average molecular weight is 479 g/mol. The second kappa shape index (κ2) is 7.78. The zero-order valence-corrected chi connectivity index (χ0v) is 19.9. The number of nitriles is 2. The van der Waals surface area contributed by atoms with E-state index >= 15 is 0 Å². The van der Waals surface area contributed by atoms with E-state index in [0.717, 1.165) is 66.1 Å². The summed E-state index contributed by atoms with van der Waals surface area (Å²) < 4.78 is 0. The molecule has 0 radical (unpaired) electrons. The molecular formula is C34H14N4. The molecule has 0 amide bonds. The molecule has 0 fully saturated rings. The third kappa shape index (κ3) is 2.64. The van der Waals surface area contributed by atoms with Gasteiger partial charge in [-0.25, -0.2) is 20.2 Å². The van der Waals surface area contributed by atoms with Crippen LogP contribution in [0.3, 0.4) is 0 Å². The third-order valence-corrected chi connectivity index (χ3v) is 7.54. The van der Waals surface area contributed by atoms with E-state index in [-0.39, 0.29) is 11.4 Å². The fourth-order valence-corrected chi connectivity index (χ4v) is 6.04. The maximum absolute atomic E-state index is 9.91. The lowest BCUT2D eigenvalue weighted by atomic mass is 9.93. The Bertz CT molecular complexity index is 1980. The number of nitrogens with zero attached hydrogens (tertiary/aromatic N) is 4. The van der Waals surface area contributed by atoms with Gasteiger partial charge in [0, 0.05) is 11.1 Å². The fourth-order valence-electron chi connectivity index (χ4n) is 6.04. The van der Waals surface area contributed by atoms with Crippen LogP contribution in [0, 0.1) is 35.8 Å². The summed E-state index contributed by atoms with van der Waals surface area (Å²) in [7, 11) is 0. The van der Waals surface area contributed by atoms with Crippen molar-refractivity contribution in [3.63, 3.8) is 0 Å². The molecule has 7 rings (SSSR count). The summed E-state index contributed by atoms with van der Waals surface area (Å²) >= 11 is 0. The number of rotatable bonds is 0. The molecule has 0 aromatic heterocycles. The topological polar surface area (TPSA) is 56.3 Å². The SMILES string of the molecule is [C-]#[N+]/C(C#N)=C1/c2cc3c(cc2-c2c1ccc1ccccc21)-c1c(ccc2ccccc12)/C3=C(\C#N)[N+]#[C-]. The average Bonchev–Trinajstić information content (AvgIpc) is 3.46. The maximum atomic E-state index is 9.91. The van der Waals surface area contributed by atoms with Gasteiger partial charge in [0.1, 0.15) is 0 Å². The van der Waals surface area contributed by atoms with Gasteiger partial charge in [-0.1, -0.05) is 72.8 Å². The zero-order chi connectivity index (χ0) is 26.0. The van der Waals surface area contributed by atoms with Gasteiger partial charge in [0.25, 0.3) is 11.4 Å². The summed E-state index contributed by atoms with van der Waals surface area (Å²) in [5, 5.41) is 24.1. The van der Waals surface area contributed by atoms with Crippen molar-refractivity contribution in [2.24, 2.45) is 0 Å². The molecule has 170 valence electrons. The van der Waals surface area contributed by atoms with Gasteiger partial charge in [-0.2, -0.15) is 0 Å². The number of benzene rings is 5. The van der Waals surface area contributed by atoms with Crippen LogP contribution < -0.4 is 0 Å². The number of hydrogen-bond acceptors (Lipinski definition) is 2. The summed E-state index contributed by atoms with van der Waals surface area (Å²) in [5.74, 6) is 0. The van der Waals surface area contributed by atoms with E-state index in [2.05, 4.69) is 52.2 Å². The Balaban J connectivity index is 1.70. The van der Waals surface area contributed by atoms with Crippen molar-refractivity contribution in [1.82, 2.24) is 0 Å². The van der Waals surface area contributed by atoms with Crippen LogP contribution in [0.5, 0.6) is 0 Å². The first-order valence-electron chi connectivity index (χ1n) is 12.0. The highest BCUT2D eigenvalue weighted by atomic mass is 14.7. The van der Waals surface area contributed by atoms with Gasteiger partial charge in [0.05, 0.1) is 25.3 Å². The van der Waals surface area contributed by atoms with E-state index in [1.807, 2.05) is 54.6 Å². The van der Waals surface area contributed by atoms with Crippen LogP contribution in [-0.2, 0) is 0 Å². The second-order valence-corrected chi connectivity index (χ2v) is 9.26. The molecule has 0 saturated carbocycles. The van der Waals surface area contributed by atoms with Gasteiger partial charge in [0.15, 0.2) is 0 Å². The highest BCUT2D eigenvalue weighted by Crippen LogP contribution is 2.56. The van der Waals surface area contributed by atoms with Crippen LogP contribution in [0.1, 0.15) is 22.3 Å². The Kier molecular flexibility index (Phi) is 4.37. The lowest BCUT2D eigenvalue weighted by Crippen LogP contribution is -1.90. The smallest absolute Gasteiger partial charge is 0.226 e. The molecule has 4 nitrogen and oxygen atoms in total. The molecule has 38 heavy (non-hydrogen) atoms. The van der Waals surface area contributed by atoms with E-state index in [4.69, 9.17) is 13.1 Å². The van der Waals surface area contributed by atoms with E-state index in [1.165, 1.54) is 0 Å². The minimum Gasteiger partial charge on any atom is -0.226 e. The normalized spacial score (nSPS) is 14.8. The molecule has 0 atom stereocenters. The predicted octanol–water partition coefficient (Wildman–Crippen LogP) is 8.36. The standard InChI is InChI=1S/C34H14N4/c1-37-29(17-35)33-23-13-11-19-7-3-5-9-21(19)31(23)25-15-26-28(16-27(25)33)34(30(18-36)38-2)24-14-12-20-8-4-6-10-22(20)32(24)26/h3-16H/b33-29-,34-30+. The lowest BCUT2D eigenvalue weighted by molar-refractivity contribution is 1.48. The first kappa shape index (κ1) is 21.4. The second-order valence-electron chi connectivity index (χ2n) is 9.26. The highest BCUT2D eigenvalue weighted by Gasteiger charge is 2.34. The number of allylic oxidation sites excluding steroid dienone is 2. The molecule has 4 heteroatoms. The van der Waals surface area contributed by atoms with Crippen LogP contribution in [0.25, 0.3) is 64.6 Å².